The fraction of sp³-hybridized carbons (Fsp3) is 0.409. The van der Waals surface area contributed by atoms with Gasteiger partial charge in [-0.15, -0.1) is 0 Å². The first kappa shape index (κ1) is 20.2. The van der Waals surface area contributed by atoms with E-state index in [1.165, 1.54) is 6.08 Å². The highest BCUT2D eigenvalue weighted by molar-refractivity contribution is 5.88. The molecule has 2 aliphatic rings. The van der Waals surface area contributed by atoms with Crippen molar-refractivity contribution < 1.29 is 4.79 Å². The number of likely N-dealkylation sites (tertiary alicyclic amines) is 1. The van der Waals surface area contributed by atoms with Crippen molar-refractivity contribution in [3.63, 3.8) is 0 Å². The van der Waals surface area contributed by atoms with Crippen molar-refractivity contribution in [2.75, 3.05) is 37.3 Å². The molecule has 8 nitrogen and oxygen atoms in total. The van der Waals surface area contributed by atoms with Gasteiger partial charge in [0.15, 0.2) is 0 Å². The second-order valence-electron chi connectivity index (χ2n) is 7.96. The van der Waals surface area contributed by atoms with Gasteiger partial charge in [0.05, 0.1) is 0 Å². The molecule has 1 aliphatic heterocycles. The van der Waals surface area contributed by atoms with Gasteiger partial charge in [-0.25, -0.2) is 4.98 Å². The summed E-state index contributed by atoms with van der Waals surface area (Å²) in [6.07, 6.45) is 8.99. The van der Waals surface area contributed by atoms with Gasteiger partial charge in [0.1, 0.15) is 11.5 Å². The number of H-pyrrole nitrogens is 1. The molecule has 158 valence electrons. The third kappa shape index (κ3) is 4.38. The van der Waals surface area contributed by atoms with E-state index in [0.29, 0.717) is 37.2 Å². The second-order valence-corrected chi connectivity index (χ2v) is 7.96. The molecular formula is C22H28N6O2. The Bertz CT molecular complexity index is 991. The molecular weight excluding hydrogens is 380 g/mol. The van der Waals surface area contributed by atoms with Gasteiger partial charge in [0.2, 0.25) is 5.91 Å². The Balaban J connectivity index is 1.49. The number of rotatable bonds is 8. The monoisotopic (exact) mass is 408 g/mol. The molecule has 0 aromatic carbocycles. The highest BCUT2D eigenvalue weighted by atomic mass is 16.2. The largest absolute Gasteiger partial charge is 0.377 e. The van der Waals surface area contributed by atoms with E-state index in [0.717, 1.165) is 29.8 Å². The molecule has 1 saturated carbocycles. The van der Waals surface area contributed by atoms with E-state index in [4.69, 9.17) is 5.73 Å². The first-order chi connectivity index (χ1) is 14.6. The maximum Gasteiger partial charge on any atom is 0.271 e. The van der Waals surface area contributed by atoms with Crippen molar-refractivity contribution in [3.8, 4) is 11.1 Å². The van der Waals surface area contributed by atoms with Crippen LogP contribution in [0.3, 0.4) is 0 Å². The van der Waals surface area contributed by atoms with Crippen LogP contribution in [0.1, 0.15) is 12.8 Å². The summed E-state index contributed by atoms with van der Waals surface area (Å²) < 4.78 is 0. The number of aromatic nitrogens is 2. The van der Waals surface area contributed by atoms with Crippen LogP contribution in [-0.4, -0.2) is 53.5 Å². The van der Waals surface area contributed by atoms with Crippen molar-refractivity contribution >= 4 is 17.4 Å². The van der Waals surface area contributed by atoms with Crippen LogP contribution in [0.25, 0.3) is 11.1 Å². The van der Waals surface area contributed by atoms with Gasteiger partial charge in [-0.3, -0.25) is 9.59 Å². The molecule has 3 heterocycles. The Hall–Kier alpha value is -3.13. The van der Waals surface area contributed by atoms with Crippen molar-refractivity contribution in [1.82, 2.24) is 14.9 Å². The number of nitrogens with one attached hydrogen (secondary N) is 3. The van der Waals surface area contributed by atoms with Gasteiger partial charge in [-0.1, -0.05) is 6.08 Å². The van der Waals surface area contributed by atoms with E-state index in [9.17, 15) is 9.59 Å². The normalized spacial score (nSPS) is 17.6. The predicted octanol–water partition coefficient (Wildman–Crippen LogP) is 1.64. The van der Waals surface area contributed by atoms with Gasteiger partial charge in [-0.05, 0) is 42.5 Å². The van der Waals surface area contributed by atoms with Crippen molar-refractivity contribution in [1.29, 1.82) is 0 Å². The summed E-state index contributed by atoms with van der Waals surface area (Å²) in [5.74, 6) is 1.66. The Morgan fingerprint density at radius 1 is 1.33 bits per heavy atom. The fourth-order valence-electron chi connectivity index (χ4n) is 3.95. The summed E-state index contributed by atoms with van der Waals surface area (Å²) in [6, 6.07) is 5.95. The summed E-state index contributed by atoms with van der Waals surface area (Å²) in [4.78, 5) is 33.5. The van der Waals surface area contributed by atoms with Gasteiger partial charge in [0, 0.05) is 62.7 Å². The van der Waals surface area contributed by atoms with E-state index in [-0.39, 0.29) is 17.5 Å². The molecule has 1 atom stereocenters. The molecule has 0 bridgehead atoms. The summed E-state index contributed by atoms with van der Waals surface area (Å²) in [7, 11) is 1.82. The van der Waals surface area contributed by atoms with Crippen LogP contribution in [0, 0.1) is 11.8 Å². The van der Waals surface area contributed by atoms with Crippen molar-refractivity contribution in [2.45, 2.75) is 18.9 Å². The SMILES string of the molecule is CNc1cc(-c2c[nH]c(=O)c(NC(C3CC3)C3CN(C(=O)/C=C/CN)C3)c2)ccn1. The third-order valence-electron chi connectivity index (χ3n) is 5.83. The molecule has 2 aromatic heterocycles. The smallest absolute Gasteiger partial charge is 0.271 e. The average Bonchev–Trinajstić information content (AvgIpc) is 3.57. The number of carbonyl (C=O) groups excluding carboxylic acids is 1. The van der Waals surface area contributed by atoms with E-state index < -0.39 is 0 Å². The molecule has 4 rings (SSSR count). The lowest BCUT2D eigenvalue weighted by Crippen LogP contribution is -2.56. The topological polar surface area (TPSA) is 116 Å². The van der Waals surface area contributed by atoms with Gasteiger partial charge < -0.3 is 26.3 Å². The van der Waals surface area contributed by atoms with E-state index in [2.05, 4.69) is 20.6 Å². The molecule has 2 aromatic rings. The Labute approximate surface area is 175 Å². The van der Waals surface area contributed by atoms with E-state index in [1.54, 1.807) is 18.5 Å². The average molecular weight is 409 g/mol. The molecule has 30 heavy (non-hydrogen) atoms. The van der Waals surface area contributed by atoms with Crippen LogP contribution in [0.4, 0.5) is 11.5 Å². The lowest BCUT2D eigenvalue weighted by molar-refractivity contribution is -0.132. The Kier molecular flexibility index (Phi) is 5.85. The van der Waals surface area contributed by atoms with Crippen LogP contribution in [0.15, 0.2) is 47.5 Å². The number of hydrogen-bond donors (Lipinski definition) is 4. The summed E-state index contributed by atoms with van der Waals surface area (Å²) >= 11 is 0. The number of nitrogens with zero attached hydrogens (tertiary/aromatic N) is 2. The van der Waals surface area contributed by atoms with E-state index in [1.807, 2.05) is 30.1 Å². The van der Waals surface area contributed by atoms with Crippen LogP contribution < -0.4 is 21.9 Å². The molecule has 5 N–H and O–H groups in total. The van der Waals surface area contributed by atoms with E-state index >= 15 is 0 Å². The molecule has 0 spiro atoms. The fourth-order valence-corrected chi connectivity index (χ4v) is 3.95. The summed E-state index contributed by atoms with van der Waals surface area (Å²) in [5.41, 5.74) is 7.75. The zero-order valence-electron chi connectivity index (χ0n) is 17.1. The highest BCUT2D eigenvalue weighted by Crippen LogP contribution is 2.40. The number of anilines is 2. The summed E-state index contributed by atoms with van der Waals surface area (Å²) in [5, 5.41) is 6.53. The number of nitrogens with two attached hydrogens (primary N) is 1. The molecule has 0 radical (unpaired) electrons. The molecule has 1 amide bonds. The number of carbonyl (C=O) groups is 1. The maximum atomic E-state index is 12.5. The zero-order chi connectivity index (χ0) is 21.1. The standard InChI is InChI=1S/C22H28N6O2/c1-24-19-10-15(6-8-25-19)16-9-18(22(30)26-11-16)27-21(14-4-5-14)17-12-28(13-17)20(29)3-2-7-23/h2-3,6,8-11,14,17,21,27H,4-5,7,12-13,23H2,1H3,(H,24,25)(H,26,30)/b3-2+. The molecule has 1 saturated heterocycles. The van der Waals surface area contributed by atoms with Gasteiger partial charge in [0.25, 0.3) is 5.56 Å². The third-order valence-corrected chi connectivity index (χ3v) is 5.83. The molecule has 1 aliphatic carbocycles. The first-order valence-corrected chi connectivity index (χ1v) is 10.4. The minimum absolute atomic E-state index is 0.00381. The lowest BCUT2D eigenvalue weighted by Gasteiger charge is -2.43. The van der Waals surface area contributed by atoms with Crippen molar-refractivity contribution in [3.05, 3.63) is 53.1 Å². The maximum absolute atomic E-state index is 12.5. The number of aromatic amines is 1. The number of hydrogen-bond acceptors (Lipinski definition) is 6. The Morgan fingerprint density at radius 3 is 2.83 bits per heavy atom. The predicted molar refractivity (Wildman–Crippen MR) is 118 cm³/mol. The van der Waals surface area contributed by atoms with Crippen LogP contribution >= 0.6 is 0 Å². The first-order valence-electron chi connectivity index (χ1n) is 10.4. The van der Waals surface area contributed by atoms with Crippen molar-refractivity contribution in [2.24, 2.45) is 17.6 Å². The Morgan fingerprint density at radius 2 is 2.13 bits per heavy atom. The minimum Gasteiger partial charge on any atom is -0.377 e. The van der Waals surface area contributed by atoms with Crippen LogP contribution in [0.5, 0.6) is 0 Å². The number of amides is 1. The minimum atomic E-state index is -0.134. The quantitative estimate of drug-likeness (QED) is 0.494. The number of pyridine rings is 2. The molecule has 8 heteroatoms. The van der Waals surface area contributed by atoms with Gasteiger partial charge >= 0.3 is 0 Å². The van der Waals surface area contributed by atoms with Crippen LogP contribution in [0.2, 0.25) is 0 Å². The van der Waals surface area contributed by atoms with Crippen LogP contribution in [-0.2, 0) is 4.79 Å². The second kappa shape index (κ2) is 8.71. The lowest BCUT2D eigenvalue weighted by atomic mass is 9.88. The highest BCUT2D eigenvalue weighted by Gasteiger charge is 2.43. The van der Waals surface area contributed by atoms with Gasteiger partial charge in [-0.2, -0.15) is 0 Å². The zero-order valence-corrected chi connectivity index (χ0v) is 17.1. The molecule has 2 fully saturated rings. The summed E-state index contributed by atoms with van der Waals surface area (Å²) in [6.45, 7) is 1.77. The molecule has 1 unspecified atom stereocenters.